The summed E-state index contributed by atoms with van der Waals surface area (Å²) < 4.78 is 49.4. The Balaban J connectivity index is 1.12. The molecule has 7 nitrogen and oxygen atoms in total. The van der Waals surface area contributed by atoms with E-state index in [9.17, 15) is 23.1 Å². The lowest BCUT2D eigenvalue weighted by atomic mass is 9.73. The van der Waals surface area contributed by atoms with E-state index in [2.05, 4.69) is 15.2 Å². The van der Waals surface area contributed by atoms with Crippen LogP contribution in [0.3, 0.4) is 0 Å². The number of rotatable bonds is 5. The van der Waals surface area contributed by atoms with Crippen LogP contribution in [0.25, 0.3) is 11.0 Å². The second-order valence-corrected chi connectivity index (χ2v) is 11.4. The predicted octanol–water partition coefficient (Wildman–Crippen LogP) is 5.16. The van der Waals surface area contributed by atoms with Crippen LogP contribution in [0, 0.1) is 0 Å². The summed E-state index contributed by atoms with van der Waals surface area (Å²) in [5, 5.41) is 13.6. The molecule has 1 aliphatic carbocycles. The fraction of sp³-hybridized carbons (Fsp3) is 0.481. The third-order valence-electron chi connectivity index (χ3n) is 8.26. The largest absolute Gasteiger partial charge is 0.492 e. The second-order valence-electron chi connectivity index (χ2n) is 11.0. The number of nitrogens with one attached hydrogen (secondary N) is 1. The van der Waals surface area contributed by atoms with Crippen molar-refractivity contribution in [3.05, 3.63) is 52.8 Å². The van der Waals surface area contributed by atoms with Gasteiger partial charge in [-0.1, -0.05) is 11.6 Å². The molecule has 3 aromatic rings. The zero-order valence-electron chi connectivity index (χ0n) is 20.8. The third-order valence-corrected chi connectivity index (χ3v) is 8.49. The first-order valence-corrected chi connectivity index (χ1v) is 13.1. The maximum absolute atomic E-state index is 14.0. The van der Waals surface area contributed by atoms with E-state index in [0.29, 0.717) is 50.3 Å². The molecule has 2 aliphatic heterocycles. The fourth-order valence-corrected chi connectivity index (χ4v) is 6.38. The Labute approximate surface area is 222 Å². The molecule has 1 saturated heterocycles. The molecule has 1 spiro atoms. The third kappa shape index (κ3) is 4.32. The monoisotopic (exact) mass is 548 g/mol. The maximum atomic E-state index is 14.0. The Bertz CT molecular complexity index is 1400. The van der Waals surface area contributed by atoms with Gasteiger partial charge in [0.05, 0.1) is 33.9 Å². The number of halogens is 4. The Hall–Kier alpha value is -2.82. The number of nitrogens with zero attached hydrogens (tertiary/aromatic N) is 3. The van der Waals surface area contributed by atoms with E-state index in [1.54, 1.807) is 13.0 Å². The van der Waals surface area contributed by atoms with Crippen LogP contribution in [0.1, 0.15) is 49.8 Å². The van der Waals surface area contributed by atoms with E-state index >= 15 is 0 Å². The maximum Gasteiger partial charge on any atom is 0.418 e. The highest BCUT2D eigenvalue weighted by Crippen LogP contribution is 2.47. The smallest absolute Gasteiger partial charge is 0.418 e. The Morgan fingerprint density at radius 1 is 1.21 bits per heavy atom. The van der Waals surface area contributed by atoms with Gasteiger partial charge in [0.25, 0.3) is 0 Å². The molecule has 0 radical (unpaired) electrons. The molecular weight excluding hydrogens is 521 g/mol. The van der Waals surface area contributed by atoms with Gasteiger partial charge in [0.2, 0.25) is 5.91 Å². The molecule has 202 valence electrons. The highest BCUT2D eigenvalue weighted by molar-refractivity contribution is 6.31. The number of benzene rings is 2. The van der Waals surface area contributed by atoms with Gasteiger partial charge in [0.15, 0.2) is 0 Å². The summed E-state index contributed by atoms with van der Waals surface area (Å²) in [7, 11) is 0. The SMILES string of the molecule is CC1(O)CC(n2cnc3cc(OCCN4CCC5(CC4)C(=O)Nc4ccc(Cl)cc45)cc(C(F)(F)F)c32)C1. The summed E-state index contributed by atoms with van der Waals surface area (Å²) >= 11 is 6.19. The number of imidazole rings is 1. The minimum absolute atomic E-state index is 0.0106. The van der Waals surface area contributed by atoms with Crippen LogP contribution >= 0.6 is 11.6 Å². The summed E-state index contributed by atoms with van der Waals surface area (Å²) in [6.07, 6.45) is -1.15. The number of alkyl halides is 3. The number of carbonyl (C=O) groups is 1. The number of aliphatic hydroxyl groups is 1. The van der Waals surface area contributed by atoms with E-state index in [1.165, 1.54) is 17.0 Å². The topological polar surface area (TPSA) is 79.6 Å². The fourth-order valence-electron chi connectivity index (χ4n) is 6.21. The number of aromatic nitrogens is 2. The first-order valence-electron chi connectivity index (χ1n) is 12.7. The van der Waals surface area contributed by atoms with Crippen molar-refractivity contribution in [2.45, 2.75) is 55.8 Å². The molecule has 3 heterocycles. The van der Waals surface area contributed by atoms with Gasteiger partial charge >= 0.3 is 6.18 Å². The minimum atomic E-state index is -4.58. The number of likely N-dealkylation sites (tertiary alicyclic amines) is 1. The molecule has 1 amide bonds. The predicted molar refractivity (Wildman–Crippen MR) is 137 cm³/mol. The van der Waals surface area contributed by atoms with Crippen molar-refractivity contribution >= 4 is 34.2 Å². The van der Waals surface area contributed by atoms with E-state index in [1.807, 2.05) is 12.1 Å². The zero-order valence-corrected chi connectivity index (χ0v) is 21.6. The Morgan fingerprint density at radius 3 is 2.63 bits per heavy atom. The molecule has 1 aromatic heterocycles. The van der Waals surface area contributed by atoms with Gasteiger partial charge < -0.3 is 19.7 Å². The van der Waals surface area contributed by atoms with Crippen molar-refractivity contribution in [2.24, 2.45) is 0 Å². The van der Waals surface area contributed by atoms with Gasteiger partial charge in [0.1, 0.15) is 12.4 Å². The quantitative estimate of drug-likeness (QED) is 0.460. The number of hydrogen-bond acceptors (Lipinski definition) is 5. The second kappa shape index (κ2) is 8.86. The van der Waals surface area contributed by atoms with Gasteiger partial charge in [-0.15, -0.1) is 0 Å². The van der Waals surface area contributed by atoms with E-state index in [0.717, 1.165) is 17.3 Å². The van der Waals surface area contributed by atoms with Gasteiger partial charge in [-0.05, 0) is 75.5 Å². The summed E-state index contributed by atoms with van der Waals surface area (Å²) in [4.78, 5) is 19.2. The van der Waals surface area contributed by atoms with E-state index < -0.39 is 22.8 Å². The van der Waals surface area contributed by atoms with Crippen LogP contribution in [0.2, 0.25) is 5.02 Å². The van der Waals surface area contributed by atoms with Gasteiger partial charge in [0, 0.05) is 29.4 Å². The number of fused-ring (bicyclic) bond motifs is 3. The number of hydrogen-bond donors (Lipinski definition) is 2. The van der Waals surface area contributed by atoms with Crippen molar-refractivity contribution in [1.82, 2.24) is 14.5 Å². The molecule has 38 heavy (non-hydrogen) atoms. The van der Waals surface area contributed by atoms with Crippen molar-refractivity contribution in [3.8, 4) is 5.75 Å². The number of amides is 1. The van der Waals surface area contributed by atoms with Crippen molar-refractivity contribution in [2.75, 3.05) is 31.6 Å². The molecule has 11 heteroatoms. The van der Waals surface area contributed by atoms with Crippen LogP contribution in [-0.4, -0.2) is 57.3 Å². The van der Waals surface area contributed by atoms with Gasteiger partial charge in [-0.2, -0.15) is 13.2 Å². The average molecular weight is 549 g/mol. The normalized spacial score (nSPS) is 24.9. The molecule has 2 N–H and O–H groups in total. The van der Waals surface area contributed by atoms with E-state index in [-0.39, 0.29) is 35.3 Å². The van der Waals surface area contributed by atoms with Gasteiger partial charge in [-0.25, -0.2) is 4.98 Å². The van der Waals surface area contributed by atoms with Crippen molar-refractivity contribution < 1.29 is 27.8 Å². The van der Waals surface area contributed by atoms with E-state index in [4.69, 9.17) is 16.3 Å². The van der Waals surface area contributed by atoms with Crippen LogP contribution in [0.5, 0.6) is 5.75 Å². The highest BCUT2D eigenvalue weighted by atomic mass is 35.5. The number of anilines is 1. The average Bonchev–Trinajstić information content (AvgIpc) is 3.37. The van der Waals surface area contributed by atoms with Crippen LogP contribution < -0.4 is 10.1 Å². The summed E-state index contributed by atoms with van der Waals surface area (Å²) in [6.45, 7) is 3.72. The standard InChI is InChI=1S/C27H28ClF3N4O3/c1-25(37)13-17(14-25)35-15-32-22-12-18(11-20(23(22)35)27(29,30)31)38-9-8-34-6-4-26(5-7-34)19-10-16(28)2-3-21(19)33-24(26)36/h2-3,10-12,15,17,37H,4-9,13-14H2,1H3,(H,33,36). The number of carbonyl (C=O) groups excluding carboxylic acids is 1. The van der Waals surface area contributed by atoms with Crippen molar-refractivity contribution in [3.63, 3.8) is 0 Å². The summed E-state index contributed by atoms with van der Waals surface area (Å²) in [5.74, 6) is 0.103. The van der Waals surface area contributed by atoms with Crippen LogP contribution in [0.15, 0.2) is 36.7 Å². The first kappa shape index (κ1) is 25.5. The molecule has 2 fully saturated rings. The molecule has 2 aromatic carbocycles. The van der Waals surface area contributed by atoms with Gasteiger partial charge in [-0.3, -0.25) is 9.69 Å². The molecule has 6 rings (SSSR count). The zero-order chi connectivity index (χ0) is 26.9. The Kier molecular flexibility index (Phi) is 5.93. The summed E-state index contributed by atoms with van der Waals surface area (Å²) in [5.41, 5.74) is -0.293. The molecule has 0 atom stereocenters. The first-order chi connectivity index (χ1) is 18.0. The lowest BCUT2D eigenvalue weighted by molar-refractivity contribution is -0.136. The Morgan fingerprint density at radius 2 is 1.95 bits per heavy atom. The minimum Gasteiger partial charge on any atom is -0.492 e. The summed E-state index contributed by atoms with van der Waals surface area (Å²) in [6, 6.07) is 7.79. The molecule has 1 saturated carbocycles. The molecule has 3 aliphatic rings. The number of ether oxygens (including phenoxy) is 1. The lowest BCUT2D eigenvalue weighted by Crippen LogP contribution is -2.47. The van der Waals surface area contributed by atoms with Crippen molar-refractivity contribution in [1.29, 1.82) is 0 Å². The van der Waals surface area contributed by atoms with Crippen LogP contribution in [0.4, 0.5) is 18.9 Å². The molecule has 0 bridgehead atoms. The number of piperidine rings is 1. The lowest BCUT2D eigenvalue weighted by Gasteiger charge is -2.41. The molecular formula is C27H28ClF3N4O3. The molecule has 0 unspecified atom stereocenters. The highest BCUT2D eigenvalue weighted by Gasteiger charge is 2.48. The van der Waals surface area contributed by atoms with Crippen LogP contribution in [-0.2, 0) is 16.4 Å².